The smallest absolute Gasteiger partial charge is 0.192 e. The Bertz CT molecular complexity index is 552. The molecule has 1 N–H and O–H groups in total. The van der Waals surface area contributed by atoms with Gasteiger partial charge in [-0.05, 0) is 67.4 Å². The van der Waals surface area contributed by atoms with E-state index in [0.717, 1.165) is 30.2 Å². The zero-order valence-corrected chi connectivity index (χ0v) is 13.1. The third kappa shape index (κ3) is 4.32. The molecule has 0 radical (unpaired) electrons. The number of hydrogen-bond donors (Lipinski definition) is 1. The summed E-state index contributed by atoms with van der Waals surface area (Å²) in [6, 6.07) is 6.54. The van der Waals surface area contributed by atoms with Gasteiger partial charge in [-0.25, -0.2) is 9.97 Å². The van der Waals surface area contributed by atoms with Gasteiger partial charge in [0.1, 0.15) is 0 Å². The van der Waals surface area contributed by atoms with Gasteiger partial charge in [-0.3, -0.25) is 0 Å². The Balaban J connectivity index is 2.03. The van der Waals surface area contributed by atoms with Gasteiger partial charge in [0, 0.05) is 23.8 Å². The van der Waals surface area contributed by atoms with E-state index in [0.29, 0.717) is 0 Å². The topological polar surface area (TPSA) is 37.8 Å². The standard InChI is InChI=1S/C16H21N3S/c1-4-7-17-11-14-5-6-15(8-13(14)3)20-16-18-9-12(2)10-19-16/h5-6,8-10,17H,4,7,11H2,1-3H3. The van der Waals surface area contributed by atoms with Crippen LogP contribution in [0.1, 0.15) is 30.0 Å². The van der Waals surface area contributed by atoms with Gasteiger partial charge in [-0.1, -0.05) is 13.0 Å². The summed E-state index contributed by atoms with van der Waals surface area (Å²) >= 11 is 1.60. The molecule has 2 aromatic rings. The van der Waals surface area contributed by atoms with Crippen LogP contribution in [0.2, 0.25) is 0 Å². The number of nitrogens with zero attached hydrogens (tertiary/aromatic N) is 2. The van der Waals surface area contributed by atoms with Crippen molar-refractivity contribution in [1.29, 1.82) is 0 Å². The van der Waals surface area contributed by atoms with Crippen LogP contribution in [0.5, 0.6) is 0 Å². The lowest BCUT2D eigenvalue weighted by Crippen LogP contribution is -2.14. The van der Waals surface area contributed by atoms with E-state index in [-0.39, 0.29) is 0 Å². The predicted octanol–water partition coefficient (Wildman–Crippen LogP) is 3.74. The summed E-state index contributed by atoms with van der Waals surface area (Å²) in [7, 11) is 0. The van der Waals surface area contributed by atoms with Crippen molar-refractivity contribution in [3.63, 3.8) is 0 Å². The molecule has 106 valence electrons. The van der Waals surface area contributed by atoms with E-state index < -0.39 is 0 Å². The lowest BCUT2D eigenvalue weighted by Gasteiger charge is -2.09. The van der Waals surface area contributed by atoms with Crippen LogP contribution in [0.4, 0.5) is 0 Å². The molecule has 0 spiro atoms. The summed E-state index contributed by atoms with van der Waals surface area (Å²) in [5.41, 5.74) is 3.75. The molecule has 0 saturated heterocycles. The van der Waals surface area contributed by atoms with Crippen LogP contribution in [0, 0.1) is 13.8 Å². The second kappa shape index (κ2) is 7.41. The van der Waals surface area contributed by atoms with E-state index in [9.17, 15) is 0 Å². The first kappa shape index (κ1) is 15.0. The molecule has 0 bridgehead atoms. The van der Waals surface area contributed by atoms with Gasteiger partial charge < -0.3 is 5.32 Å². The van der Waals surface area contributed by atoms with Crippen molar-refractivity contribution in [2.24, 2.45) is 0 Å². The molecule has 0 amide bonds. The first-order valence-corrected chi connectivity index (χ1v) is 7.77. The van der Waals surface area contributed by atoms with E-state index in [2.05, 4.69) is 47.3 Å². The lowest BCUT2D eigenvalue weighted by atomic mass is 10.1. The van der Waals surface area contributed by atoms with Crippen molar-refractivity contribution in [2.45, 2.75) is 43.8 Å². The molecule has 0 aliphatic heterocycles. The van der Waals surface area contributed by atoms with Crippen LogP contribution in [-0.4, -0.2) is 16.5 Å². The van der Waals surface area contributed by atoms with E-state index in [1.165, 1.54) is 16.0 Å². The highest BCUT2D eigenvalue weighted by Crippen LogP contribution is 2.26. The fraction of sp³-hybridized carbons (Fsp3) is 0.375. The largest absolute Gasteiger partial charge is 0.313 e. The molecule has 1 heterocycles. The van der Waals surface area contributed by atoms with Crippen molar-refractivity contribution in [3.05, 3.63) is 47.3 Å². The van der Waals surface area contributed by atoms with Gasteiger partial charge in [0.15, 0.2) is 5.16 Å². The SMILES string of the molecule is CCCNCc1ccc(Sc2ncc(C)cn2)cc1C. The third-order valence-electron chi connectivity index (χ3n) is 3.02. The fourth-order valence-electron chi connectivity index (χ4n) is 1.87. The van der Waals surface area contributed by atoms with Crippen LogP contribution in [0.15, 0.2) is 40.6 Å². The summed E-state index contributed by atoms with van der Waals surface area (Å²) in [6.07, 6.45) is 4.87. The molecule has 4 heteroatoms. The first-order chi connectivity index (χ1) is 9.69. The predicted molar refractivity (Wildman–Crippen MR) is 84.1 cm³/mol. The minimum Gasteiger partial charge on any atom is -0.313 e. The number of aromatic nitrogens is 2. The van der Waals surface area contributed by atoms with Crippen LogP contribution in [0.25, 0.3) is 0 Å². The maximum absolute atomic E-state index is 4.33. The van der Waals surface area contributed by atoms with Crippen molar-refractivity contribution < 1.29 is 0 Å². The molecule has 1 aromatic carbocycles. The van der Waals surface area contributed by atoms with Gasteiger partial charge in [-0.15, -0.1) is 0 Å². The van der Waals surface area contributed by atoms with Gasteiger partial charge >= 0.3 is 0 Å². The monoisotopic (exact) mass is 287 g/mol. The number of benzene rings is 1. The second-order valence-corrected chi connectivity index (χ2v) is 5.95. The highest BCUT2D eigenvalue weighted by molar-refractivity contribution is 7.99. The van der Waals surface area contributed by atoms with E-state index in [4.69, 9.17) is 0 Å². The highest BCUT2D eigenvalue weighted by atomic mass is 32.2. The summed E-state index contributed by atoms with van der Waals surface area (Å²) in [6.45, 7) is 8.33. The van der Waals surface area contributed by atoms with Crippen molar-refractivity contribution in [1.82, 2.24) is 15.3 Å². The molecule has 20 heavy (non-hydrogen) atoms. The Morgan fingerprint density at radius 1 is 1.15 bits per heavy atom. The molecule has 1 aromatic heterocycles. The molecule has 0 unspecified atom stereocenters. The summed E-state index contributed by atoms with van der Waals surface area (Å²) in [5.74, 6) is 0. The molecule has 0 aliphatic carbocycles. The Morgan fingerprint density at radius 2 is 1.90 bits per heavy atom. The van der Waals surface area contributed by atoms with Crippen molar-refractivity contribution in [2.75, 3.05) is 6.54 Å². The number of rotatable bonds is 6. The van der Waals surface area contributed by atoms with E-state index in [1.807, 2.05) is 19.3 Å². The Kier molecular flexibility index (Phi) is 5.56. The number of hydrogen-bond acceptors (Lipinski definition) is 4. The maximum Gasteiger partial charge on any atom is 0.192 e. The second-order valence-electron chi connectivity index (χ2n) is 4.91. The number of nitrogens with one attached hydrogen (secondary N) is 1. The average Bonchev–Trinajstić information content (AvgIpc) is 2.44. The van der Waals surface area contributed by atoms with Crippen LogP contribution < -0.4 is 5.32 Å². The zero-order chi connectivity index (χ0) is 14.4. The molecule has 0 saturated carbocycles. The van der Waals surface area contributed by atoms with Crippen molar-refractivity contribution >= 4 is 11.8 Å². The fourth-order valence-corrected chi connectivity index (χ4v) is 2.66. The molecule has 0 atom stereocenters. The summed E-state index contributed by atoms with van der Waals surface area (Å²) in [5, 5.41) is 4.23. The minimum atomic E-state index is 0.798. The molecule has 0 aliphatic rings. The summed E-state index contributed by atoms with van der Waals surface area (Å²) < 4.78 is 0. The average molecular weight is 287 g/mol. The molecular formula is C16H21N3S. The molecule has 3 nitrogen and oxygen atoms in total. The zero-order valence-electron chi connectivity index (χ0n) is 12.3. The van der Waals surface area contributed by atoms with Crippen molar-refractivity contribution in [3.8, 4) is 0 Å². The lowest BCUT2D eigenvalue weighted by molar-refractivity contribution is 0.673. The van der Waals surface area contributed by atoms with E-state index in [1.54, 1.807) is 11.8 Å². The van der Waals surface area contributed by atoms with Crippen LogP contribution in [-0.2, 0) is 6.54 Å². The third-order valence-corrected chi connectivity index (χ3v) is 3.91. The van der Waals surface area contributed by atoms with E-state index >= 15 is 0 Å². The minimum absolute atomic E-state index is 0.798. The molecular weight excluding hydrogens is 266 g/mol. The normalized spacial score (nSPS) is 10.8. The number of aryl methyl sites for hydroxylation is 2. The highest BCUT2D eigenvalue weighted by Gasteiger charge is 2.03. The quantitative estimate of drug-likeness (QED) is 0.648. The molecule has 0 fully saturated rings. The van der Waals surface area contributed by atoms with Crippen LogP contribution >= 0.6 is 11.8 Å². The van der Waals surface area contributed by atoms with Gasteiger partial charge in [0.2, 0.25) is 0 Å². The Labute approximate surface area is 125 Å². The van der Waals surface area contributed by atoms with Gasteiger partial charge in [-0.2, -0.15) is 0 Å². The van der Waals surface area contributed by atoms with Gasteiger partial charge in [0.05, 0.1) is 0 Å². The van der Waals surface area contributed by atoms with Gasteiger partial charge in [0.25, 0.3) is 0 Å². The maximum atomic E-state index is 4.33. The first-order valence-electron chi connectivity index (χ1n) is 6.96. The Hall–Kier alpha value is -1.39. The Morgan fingerprint density at radius 3 is 2.55 bits per heavy atom. The summed E-state index contributed by atoms with van der Waals surface area (Å²) in [4.78, 5) is 9.84. The van der Waals surface area contributed by atoms with Crippen LogP contribution in [0.3, 0.4) is 0 Å². The molecule has 2 rings (SSSR count).